The minimum Gasteiger partial charge on any atom is -0.378 e. The third-order valence-corrected chi connectivity index (χ3v) is 7.65. The number of benzene rings is 1. The molecule has 0 saturated carbocycles. The summed E-state index contributed by atoms with van der Waals surface area (Å²) in [4.78, 5) is 30.3. The van der Waals surface area contributed by atoms with Crippen molar-refractivity contribution >= 4 is 11.9 Å². The highest BCUT2D eigenvalue weighted by atomic mass is 16.5. The van der Waals surface area contributed by atoms with Crippen molar-refractivity contribution in [1.29, 1.82) is 0 Å². The maximum absolute atomic E-state index is 13.6. The molecule has 0 atom stereocenters. The number of nitrogens with one attached hydrogen (secondary N) is 1. The van der Waals surface area contributed by atoms with Gasteiger partial charge in [0.2, 0.25) is 5.91 Å². The lowest BCUT2D eigenvalue weighted by Gasteiger charge is -2.42. The minimum absolute atomic E-state index is 0.0840. The van der Waals surface area contributed by atoms with Crippen molar-refractivity contribution < 1.29 is 14.3 Å². The maximum Gasteiger partial charge on any atom is 0.320 e. The summed E-state index contributed by atoms with van der Waals surface area (Å²) in [6, 6.07) is 10.4. The molecule has 2 aliphatic heterocycles. The largest absolute Gasteiger partial charge is 0.378 e. The number of hydrogen-bond donors (Lipinski definition) is 1. The van der Waals surface area contributed by atoms with Crippen LogP contribution in [0.2, 0.25) is 0 Å². The second-order valence-electron chi connectivity index (χ2n) is 9.82. The highest BCUT2D eigenvalue weighted by molar-refractivity contribution is 5.83. The smallest absolute Gasteiger partial charge is 0.320 e. The molecule has 3 amide bonds. The van der Waals surface area contributed by atoms with Crippen molar-refractivity contribution in [3.8, 4) is 0 Å². The first-order valence-electron chi connectivity index (χ1n) is 12.9. The molecule has 6 nitrogen and oxygen atoms in total. The fourth-order valence-electron chi connectivity index (χ4n) is 5.30. The Kier molecular flexibility index (Phi) is 8.44. The van der Waals surface area contributed by atoms with E-state index in [9.17, 15) is 9.59 Å². The summed E-state index contributed by atoms with van der Waals surface area (Å²) in [5.41, 5.74) is 3.63. The zero-order valence-electron chi connectivity index (χ0n) is 20.6. The van der Waals surface area contributed by atoms with E-state index in [1.54, 1.807) is 0 Å². The number of carbonyl (C=O) groups is 2. The standard InChI is InChI=1S/C28H39N3O3/c1-2-23-8-10-24(11-9-23)12-15-29-26(32)28(22-25-6-4-3-5-7-25)13-16-30(17-14-28)27(33)31-18-20-34-21-19-31/h3-8,10H,2,9,11-22H2,1H3,(H,29,32). The van der Waals surface area contributed by atoms with Gasteiger partial charge in [-0.05, 0) is 50.5 Å². The van der Waals surface area contributed by atoms with Crippen LogP contribution >= 0.6 is 0 Å². The molecule has 0 bridgehead atoms. The molecule has 1 aliphatic carbocycles. The van der Waals surface area contributed by atoms with E-state index in [-0.39, 0.29) is 11.9 Å². The molecular formula is C28H39N3O3. The van der Waals surface area contributed by atoms with Crippen molar-refractivity contribution in [1.82, 2.24) is 15.1 Å². The van der Waals surface area contributed by atoms with Gasteiger partial charge in [-0.25, -0.2) is 4.79 Å². The van der Waals surface area contributed by atoms with E-state index in [1.807, 2.05) is 28.0 Å². The molecule has 2 heterocycles. The van der Waals surface area contributed by atoms with Crippen LogP contribution in [0.1, 0.15) is 51.0 Å². The molecule has 0 spiro atoms. The van der Waals surface area contributed by atoms with Gasteiger partial charge in [-0.2, -0.15) is 0 Å². The lowest BCUT2D eigenvalue weighted by molar-refractivity contribution is -0.133. The van der Waals surface area contributed by atoms with Crippen molar-refractivity contribution in [2.45, 2.75) is 51.9 Å². The number of carbonyl (C=O) groups excluding carboxylic acids is 2. The van der Waals surface area contributed by atoms with Crippen molar-refractivity contribution in [2.24, 2.45) is 5.41 Å². The van der Waals surface area contributed by atoms with Gasteiger partial charge in [0.05, 0.1) is 18.6 Å². The number of morpholine rings is 1. The Labute approximate surface area is 204 Å². The van der Waals surface area contributed by atoms with Gasteiger partial charge in [-0.15, -0.1) is 0 Å². The first-order chi connectivity index (χ1) is 16.6. The van der Waals surface area contributed by atoms with Crippen LogP contribution in [-0.2, 0) is 16.0 Å². The van der Waals surface area contributed by atoms with Crippen molar-refractivity contribution in [2.75, 3.05) is 45.9 Å². The summed E-state index contributed by atoms with van der Waals surface area (Å²) in [5.74, 6) is 0.135. The zero-order valence-corrected chi connectivity index (χ0v) is 20.6. The lowest BCUT2D eigenvalue weighted by atomic mass is 9.73. The molecule has 0 radical (unpaired) electrons. The van der Waals surface area contributed by atoms with Crippen molar-refractivity contribution in [3.63, 3.8) is 0 Å². The Hall–Kier alpha value is -2.60. The molecule has 0 aromatic heterocycles. The normalized spacial score (nSPS) is 20.4. The molecule has 3 aliphatic rings. The Morgan fingerprint density at radius 3 is 2.24 bits per heavy atom. The van der Waals surface area contributed by atoms with E-state index in [0.717, 1.165) is 25.7 Å². The minimum atomic E-state index is -0.473. The summed E-state index contributed by atoms with van der Waals surface area (Å²) in [7, 11) is 0. The number of hydrogen-bond acceptors (Lipinski definition) is 3. The van der Waals surface area contributed by atoms with Gasteiger partial charge in [-0.3, -0.25) is 4.79 Å². The average molecular weight is 466 g/mol. The molecule has 0 unspecified atom stereocenters. The van der Waals surface area contributed by atoms with E-state index in [1.165, 1.54) is 16.7 Å². The predicted molar refractivity (Wildman–Crippen MR) is 134 cm³/mol. The van der Waals surface area contributed by atoms with Gasteiger partial charge in [0.1, 0.15) is 0 Å². The summed E-state index contributed by atoms with van der Waals surface area (Å²) in [6.07, 6.45) is 10.8. The van der Waals surface area contributed by atoms with E-state index < -0.39 is 5.41 Å². The van der Waals surface area contributed by atoms with E-state index in [0.29, 0.717) is 65.2 Å². The number of likely N-dealkylation sites (tertiary alicyclic amines) is 1. The summed E-state index contributed by atoms with van der Waals surface area (Å²) in [6.45, 7) is 6.62. The Morgan fingerprint density at radius 2 is 1.59 bits per heavy atom. The molecular weight excluding hydrogens is 426 g/mol. The fraction of sp³-hybridized carbons (Fsp3) is 0.571. The average Bonchev–Trinajstić information content (AvgIpc) is 2.90. The third kappa shape index (κ3) is 6.09. The third-order valence-electron chi connectivity index (χ3n) is 7.65. The Morgan fingerprint density at radius 1 is 0.941 bits per heavy atom. The highest BCUT2D eigenvalue weighted by Gasteiger charge is 2.42. The molecule has 1 N–H and O–H groups in total. The van der Waals surface area contributed by atoms with Gasteiger partial charge >= 0.3 is 6.03 Å². The number of urea groups is 1. The van der Waals surface area contributed by atoms with Crippen LogP contribution in [0.3, 0.4) is 0 Å². The molecule has 6 heteroatoms. The quantitative estimate of drug-likeness (QED) is 0.652. The van der Waals surface area contributed by atoms with E-state index in [2.05, 4.69) is 36.5 Å². The van der Waals surface area contributed by atoms with Gasteiger partial charge in [0.25, 0.3) is 0 Å². The number of amides is 3. The number of ether oxygens (including phenoxy) is 1. The summed E-state index contributed by atoms with van der Waals surface area (Å²) in [5, 5.41) is 3.26. The van der Waals surface area contributed by atoms with Crippen LogP contribution in [0.25, 0.3) is 0 Å². The maximum atomic E-state index is 13.6. The van der Waals surface area contributed by atoms with Gasteiger partial charge in [-0.1, -0.05) is 60.6 Å². The van der Waals surface area contributed by atoms with Gasteiger partial charge < -0.3 is 19.9 Å². The van der Waals surface area contributed by atoms with Crippen LogP contribution in [0.4, 0.5) is 4.79 Å². The Bertz CT molecular complexity index is 895. The predicted octanol–water partition coefficient (Wildman–Crippen LogP) is 4.33. The SMILES string of the molecule is CCC1=CC=C(CCNC(=O)C2(Cc3ccccc3)CCN(C(=O)N3CCOCC3)CC2)CC1. The van der Waals surface area contributed by atoms with Gasteiger partial charge in [0, 0.05) is 32.7 Å². The van der Waals surface area contributed by atoms with Crippen LogP contribution in [0.5, 0.6) is 0 Å². The first kappa shape index (κ1) is 24.5. The molecule has 1 aromatic rings. The molecule has 1 aromatic carbocycles. The van der Waals surface area contributed by atoms with Crippen molar-refractivity contribution in [3.05, 3.63) is 59.2 Å². The van der Waals surface area contributed by atoms with Crippen LogP contribution in [0.15, 0.2) is 53.6 Å². The second-order valence-corrected chi connectivity index (χ2v) is 9.82. The van der Waals surface area contributed by atoms with Gasteiger partial charge in [0.15, 0.2) is 0 Å². The van der Waals surface area contributed by atoms with E-state index >= 15 is 0 Å². The van der Waals surface area contributed by atoms with Crippen LogP contribution < -0.4 is 5.32 Å². The van der Waals surface area contributed by atoms with Crippen LogP contribution in [0, 0.1) is 5.41 Å². The molecule has 2 saturated heterocycles. The van der Waals surface area contributed by atoms with E-state index in [4.69, 9.17) is 4.74 Å². The lowest BCUT2D eigenvalue weighted by Crippen LogP contribution is -2.55. The number of allylic oxidation sites excluding steroid dienone is 3. The van der Waals surface area contributed by atoms with Crippen LogP contribution in [-0.4, -0.2) is 67.7 Å². The number of piperidine rings is 1. The first-order valence-corrected chi connectivity index (χ1v) is 12.9. The molecule has 2 fully saturated rings. The summed E-state index contributed by atoms with van der Waals surface area (Å²) < 4.78 is 5.39. The fourth-order valence-corrected chi connectivity index (χ4v) is 5.30. The Balaban J connectivity index is 1.38. The number of nitrogens with zero attached hydrogens (tertiary/aromatic N) is 2. The molecule has 184 valence electrons. The second kappa shape index (κ2) is 11.7. The highest BCUT2D eigenvalue weighted by Crippen LogP contribution is 2.36. The zero-order chi connectivity index (χ0) is 23.8. The summed E-state index contributed by atoms with van der Waals surface area (Å²) >= 11 is 0. The topological polar surface area (TPSA) is 61.9 Å². The molecule has 4 rings (SSSR count). The molecule has 34 heavy (non-hydrogen) atoms. The number of rotatable bonds is 7. The monoisotopic (exact) mass is 465 g/mol.